The lowest BCUT2D eigenvalue weighted by molar-refractivity contribution is -0.126. The number of methoxy groups -OCH3 is 2. The lowest BCUT2D eigenvalue weighted by Crippen LogP contribution is -2.59. The standard InChI is InChI=1S/C22H28N2.C2H4O2.C2H6O/c1-17-6-5-7-20(14-17)18-8-10-19(11-9-18)21-15-24-13-4-3-12-23(2)16-22(21)24;1-4-2-3;1-3-2/h5-11,14,21-22H,3-4,12-13,15-16H2,1-2H3;2H,1H3;1-2H3/t21?,22-;;/m0../s1. The first-order valence-corrected chi connectivity index (χ1v) is 11.0. The molecule has 0 saturated carbocycles. The van der Waals surface area contributed by atoms with E-state index in [0.717, 1.165) is 0 Å². The second-order valence-electron chi connectivity index (χ2n) is 8.37. The predicted octanol–water partition coefficient (Wildman–Crippen LogP) is 4.21. The molecule has 4 rings (SSSR count). The molecule has 1 unspecified atom stereocenters. The third-order valence-electron chi connectivity index (χ3n) is 5.89. The third kappa shape index (κ3) is 7.46. The summed E-state index contributed by atoms with van der Waals surface area (Å²) in [5, 5.41) is 0. The normalized spacial score (nSPS) is 20.9. The summed E-state index contributed by atoms with van der Waals surface area (Å²) in [5.74, 6) is 0.706. The van der Waals surface area contributed by atoms with Crippen LogP contribution in [-0.2, 0) is 14.3 Å². The van der Waals surface area contributed by atoms with Crippen molar-refractivity contribution >= 4 is 6.47 Å². The number of fused-ring (bicyclic) bond motifs is 1. The first kappa shape index (κ1) is 25.1. The number of rotatable bonds is 3. The molecule has 2 atom stereocenters. The minimum atomic E-state index is 0.375. The molecule has 2 heterocycles. The van der Waals surface area contributed by atoms with E-state index in [-0.39, 0.29) is 0 Å². The van der Waals surface area contributed by atoms with Gasteiger partial charge in [0.2, 0.25) is 0 Å². The molecular weight excluding hydrogens is 388 g/mol. The molecule has 2 aliphatic rings. The maximum absolute atomic E-state index is 8.95. The summed E-state index contributed by atoms with van der Waals surface area (Å²) in [6.45, 7) is 7.53. The number of carbonyl (C=O) groups excluding carboxylic acids is 1. The van der Waals surface area contributed by atoms with Crippen molar-refractivity contribution in [2.45, 2.75) is 31.7 Å². The molecule has 2 fully saturated rings. The Balaban J connectivity index is 0.000000431. The molecule has 2 aromatic carbocycles. The fraction of sp³-hybridized carbons (Fsp3) is 0.500. The van der Waals surface area contributed by atoms with Crippen LogP contribution in [0.3, 0.4) is 0 Å². The third-order valence-corrected chi connectivity index (χ3v) is 5.89. The van der Waals surface area contributed by atoms with E-state index in [1.165, 1.54) is 68.4 Å². The average Bonchev–Trinajstić information content (AvgIpc) is 2.76. The average molecular weight is 427 g/mol. The van der Waals surface area contributed by atoms with Crippen LogP contribution in [0.4, 0.5) is 0 Å². The molecule has 31 heavy (non-hydrogen) atoms. The van der Waals surface area contributed by atoms with Crippen LogP contribution in [0.5, 0.6) is 0 Å². The Bertz CT molecular complexity index is 778. The van der Waals surface area contributed by atoms with E-state index in [9.17, 15) is 0 Å². The van der Waals surface area contributed by atoms with E-state index >= 15 is 0 Å². The molecule has 170 valence electrons. The molecule has 0 bridgehead atoms. The van der Waals surface area contributed by atoms with Gasteiger partial charge < -0.3 is 14.4 Å². The molecule has 0 amide bonds. The second-order valence-corrected chi connectivity index (χ2v) is 8.37. The van der Waals surface area contributed by atoms with Crippen molar-refractivity contribution in [3.8, 4) is 11.1 Å². The van der Waals surface area contributed by atoms with Gasteiger partial charge in [-0.05, 0) is 56.6 Å². The topological polar surface area (TPSA) is 42.0 Å². The number of likely N-dealkylation sites (N-methyl/N-ethyl adjacent to an activating group) is 1. The van der Waals surface area contributed by atoms with Gasteiger partial charge in [-0.25, -0.2) is 0 Å². The molecule has 0 aromatic heterocycles. The number of aryl methyl sites for hydroxylation is 1. The number of nitrogens with zero attached hydrogens (tertiary/aromatic N) is 2. The van der Waals surface area contributed by atoms with Crippen LogP contribution in [0.15, 0.2) is 48.5 Å². The predicted molar refractivity (Wildman–Crippen MR) is 127 cm³/mol. The number of benzene rings is 2. The monoisotopic (exact) mass is 426 g/mol. The van der Waals surface area contributed by atoms with E-state index in [2.05, 4.69) is 81.8 Å². The Morgan fingerprint density at radius 3 is 2.19 bits per heavy atom. The molecular formula is C26H38N2O3. The SMILES string of the molecule is COC.COC=O.Cc1cccc(-c2ccc(C3CN4CCCCN(C)C[C@@H]34)cc2)c1. The van der Waals surface area contributed by atoms with Crippen LogP contribution in [0, 0.1) is 6.92 Å². The van der Waals surface area contributed by atoms with Gasteiger partial charge in [-0.3, -0.25) is 9.69 Å². The van der Waals surface area contributed by atoms with E-state index in [0.29, 0.717) is 18.4 Å². The highest BCUT2D eigenvalue weighted by Gasteiger charge is 2.40. The van der Waals surface area contributed by atoms with Gasteiger partial charge in [0.25, 0.3) is 6.47 Å². The highest BCUT2D eigenvalue weighted by Crippen LogP contribution is 2.36. The fourth-order valence-corrected chi connectivity index (χ4v) is 4.31. The van der Waals surface area contributed by atoms with Gasteiger partial charge in [0.05, 0.1) is 7.11 Å². The first-order valence-electron chi connectivity index (χ1n) is 11.0. The van der Waals surface area contributed by atoms with Gasteiger partial charge in [0, 0.05) is 39.3 Å². The van der Waals surface area contributed by atoms with E-state index < -0.39 is 0 Å². The van der Waals surface area contributed by atoms with Crippen LogP contribution in [0.1, 0.15) is 29.9 Å². The molecule has 0 N–H and O–H groups in total. The summed E-state index contributed by atoms with van der Waals surface area (Å²) in [7, 11) is 6.84. The van der Waals surface area contributed by atoms with Crippen molar-refractivity contribution in [2.24, 2.45) is 0 Å². The Hall–Kier alpha value is -2.21. The van der Waals surface area contributed by atoms with Crippen molar-refractivity contribution in [3.05, 3.63) is 59.7 Å². The molecule has 0 radical (unpaired) electrons. The second kappa shape index (κ2) is 13.3. The van der Waals surface area contributed by atoms with Crippen LogP contribution in [0.25, 0.3) is 11.1 Å². The van der Waals surface area contributed by atoms with Crippen molar-refractivity contribution in [1.82, 2.24) is 9.80 Å². The number of hydrogen-bond donors (Lipinski definition) is 0. The minimum Gasteiger partial charge on any atom is -0.471 e. The maximum atomic E-state index is 8.95. The van der Waals surface area contributed by atoms with Crippen molar-refractivity contribution < 1.29 is 14.3 Å². The number of hydrogen-bond acceptors (Lipinski definition) is 5. The van der Waals surface area contributed by atoms with Crippen molar-refractivity contribution in [2.75, 3.05) is 54.6 Å². The summed E-state index contributed by atoms with van der Waals surface area (Å²) in [4.78, 5) is 14.2. The first-order chi connectivity index (χ1) is 15.0. The van der Waals surface area contributed by atoms with Gasteiger partial charge in [0.15, 0.2) is 0 Å². The van der Waals surface area contributed by atoms with Crippen LogP contribution >= 0.6 is 0 Å². The Kier molecular flexibility index (Phi) is 10.7. The van der Waals surface area contributed by atoms with Gasteiger partial charge in [-0.1, -0.05) is 54.1 Å². The van der Waals surface area contributed by atoms with Gasteiger partial charge >= 0.3 is 0 Å². The molecule has 2 aliphatic heterocycles. The zero-order chi connectivity index (χ0) is 22.6. The summed E-state index contributed by atoms with van der Waals surface area (Å²) < 4.78 is 8.11. The summed E-state index contributed by atoms with van der Waals surface area (Å²) in [6, 6.07) is 18.8. The molecule has 0 aliphatic carbocycles. The van der Waals surface area contributed by atoms with Gasteiger partial charge in [-0.15, -0.1) is 0 Å². The summed E-state index contributed by atoms with van der Waals surface area (Å²) in [5.41, 5.74) is 5.49. The Morgan fingerprint density at radius 2 is 1.58 bits per heavy atom. The van der Waals surface area contributed by atoms with Gasteiger partial charge in [-0.2, -0.15) is 0 Å². The Morgan fingerprint density at radius 1 is 0.935 bits per heavy atom. The highest BCUT2D eigenvalue weighted by atomic mass is 16.5. The lowest BCUT2D eigenvalue weighted by atomic mass is 9.81. The summed E-state index contributed by atoms with van der Waals surface area (Å²) >= 11 is 0. The highest BCUT2D eigenvalue weighted by molar-refractivity contribution is 5.64. The maximum Gasteiger partial charge on any atom is 0.292 e. The molecule has 5 nitrogen and oxygen atoms in total. The van der Waals surface area contributed by atoms with Crippen LogP contribution in [0.2, 0.25) is 0 Å². The zero-order valence-electron chi connectivity index (χ0n) is 19.7. The van der Waals surface area contributed by atoms with Crippen LogP contribution < -0.4 is 0 Å². The largest absolute Gasteiger partial charge is 0.471 e. The molecule has 5 heteroatoms. The zero-order valence-corrected chi connectivity index (χ0v) is 19.7. The lowest BCUT2D eigenvalue weighted by Gasteiger charge is -2.51. The number of carbonyl (C=O) groups is 1. The Labute approximate surface area is 188 Å². The molecule has 0 spiro atoms. The smallest absolute Gasteiger partial charge is 0.292 e. The fourth-order valence-electron chi connectivity index (χ4n) is 4.31. The van der Waals surface area contributed by atoms with E-state index in [4.69, 9.17) is 4.79 Å². The van der Waals surface area contributed by atoms with E-state index in [1.807, 2.05) is 0 Å². The quantitative estimate of drug-likeness (QED) is 0.688. The van der Waals surface area contributed by atoms with Crippen LogP contribution in [-0.4, -0.2) is 76.9 Å². The summed E-state index contributed by atoms with van der Waals surface area (Å²) in [6.07, 6.45) is 2.69. The number of ether oxygens (including phenoxy) is 2. The minimum absolute atomic E-state index is 0.375. The van der Waals surface area contributed by atoms with Crippen molar-refractivity contribution in [3.63, 3.8) is 0 Å². The molecule has 2 saturated heterocycles. The van der Waals surface area contributed by atoms with Crippen molar-refractivity contribution in [1.29, 1.82) is 0 Å². The molecule has 2 aromatic rings. The van der Waals surface area contributed by atoms with E-state index in [1.54, 1.807) is 14.2 Å². The van der Waals surface area contributed by atoms with Gasteiger partial charge in [0.1, 0.15) is 0 Å².